The molecular weight excluding hydrogens is 1110 g/mol. The molecule has 12 nitrogen and oxygen atoms in total. The highest BCUT2D eigenvalue weighted by molar-refractivity contribution is 6.96. The van der Waals surface area contributed by atoms with Crippen molar-refractivity contribution in [1.82, 2.24) is 0 Å². The molecule has 12 atom stereocenters. The van der Waals surface area contributed by atoms with E-state index < -0.39 is 111 Å². The highest BCUT2D eigenvalue weighted by Gasteiger charge is 2.69. The van der Waals surface area contributed by atoms with Crippen LogP contribution in [-0.2, 0) is 49.4 Å². The summed E-state index contributed by atoms with van der Waals surface area (Å²) in [6.45, 7) is 57.4. The van der Waals surface area contributed by atoms with Crippen LogP contribution in [0, 0.1) is 0 Å². The summed E-state index contributed by atoms with van der Waals surface area (Å²) >= 11 is 0. The summed E-state index contributed by atoms with van der Waals surface area (Å²) in [5, 5.41) is 0. The van der Waals surface area contributed by atoms with Gasteiger partial charge in [-0.3, -0.25) is 0 Å². The molecule has 1 rings (SSSR count). The topological polar surface area (TPSA) is 111 Å². The predicted molar refractivity (Wildman–Crippen MR) is 335 cm³/mol. The zero-order valence-corrected chi connectivity index (χ0v) is 66.0. The van der Waals surface area contributed by atoms with E-state index in [4.69, 9.17) is 49.4 Å². The molecule has 24 heteroatoms. The van der Waals surface area contributed by atoms with Crippen molar-refractivity contribution >= 4 is 111 Å². The van der Waals surface area contributed by atoms with Crippen LogP contribution in [0.3, 0.4) is 0 Å². The Hall–Kier alpha value is 2.12. The van der Waals surface area contributed by atoms with Crippen molar-refractivity contribution in [3.63, 3.8) is 0 Å². The van der Waals surface area contributed by atoms with Gasteiger partial charge in [-0.2, -0.15) is 0 Å². The second kappa shape index (κ2) is 35.1. The van der Waals surface area contributed by atoms with Crippen LogP contribution in [0.1, 0.15) is 243 Å². The summed E-state index contributed by atoms with van der Waals surface area (Å²) in [5.41, 5.74) is 2.26. The molecule has 1 saturated heterocycles. The van der Waals surface area contributed by atoms with Crippen LogP contribution in [0.5, 0.6) is 0 Å². The fraction of sp³-hybridized carbons (Fsp3) is 1.00. The molecule has 1 aliphatic rings. The summed E-state index contributed by atoms with van der Waals surface area (Å²) in [5.74, 6) is 0. The van der Waals surface area contributed by atoms with E-state index in [1.807, 2.05) is 0 Å². The molecule has 0 saturated carbocycles. The van der Waals surface area contributed by atoms with Gasteiger partial charge in [0.15, 0.2) is 0 Å². The number of rotatable bonds is 24. The summed E-state index contributed by atoms with van der Waals surface area (Å²) in [4.78, 5) is 0. The van der Waals surface area contributed by atoms with Crippen LogP contribution in [0.4, 0.5) is 0 Å². The fourth-order valence-corrected chi connectivity index (χ4v) is 69.1. The summed E-state index contributed by atoms with van der Waals surface area (Å²) < 4.78 is 90.3. The van der Waals surface area contributed by atoms with Crippen molar-refractivity contribution in [2.75, 3.05) is 0 Å². The van der Waals surface area contributed by atoms with Gasteiger partial charge < -0.3 is 49.4 Å². The largest absolute Gasteiger partial charge is 0.425 e. The van der Waals surface area contributed by atoms with Crippen LogP contribution >= 0.6 is 0 Å². The van der Waals surface area contributed by atoms with Crippen molar-refractivity contribution in [2.45, 2.75) is 310 Å². The Kier molecular flexibility index (Phi) is 35.1. The third-order valence-corrected chi connectivity index (χ3v) is 64.0. The second-order valence-corrected chi connectivity index (χ2v) is 59.0. The first-order valence-electron chi connectivity index (χ1n) is 29.7. The van der Waals surface area contributed by atoms with E-state index in [9.17, 15) is 0 Å². The van der Waals surface area contributed by atoms with Crippen molar-refractivity contribution < 1.29 is 49.4 Å². The smallest absolute Gasteiger partial charge is 0.326 e. The van der Waals surface area contributed by atoms with Gasteiger partial charge in [0.1, 0.15) is 0 Å². The Bertz CT molecular complexity index is 1280. The average molecular weight is 1230 g/mol. The molecule has 0 spiro atoms. The quantitative estimate of drug-likeness (QED) is 0.0858. The fourth-order valence-electron chi connectivity index (χ4n) is 11.0. The molecule has 0 bridgehead atoms. The normalized spacial score (nSPS) is 36.0. The minimum absolute atomic E-state index is 0.161. The lowest BCUT2D eigenvalue weighted by Gasteiger charge is -2.59. The van der Waals surface area contributed by atoms with E-state index >= 15 is 0 Å². The van der Waals surface area contributed by atoms with Gasteiger partial charge in [0, 0.05) is 0 Å². The number of hydrogen-bond acceptors (Lipinski definition) is 12. The Morgan fingerprint density at radius 3 is 0.486 bits per heavy atom. The highest BCUT2D eigenvalue weighted by Crippen LogP contribution is 2.57. The first-order valence-corrected chi connectivity index (χ1v) is 48.4. The lowest BCUT2D eigenvalue weighted by Crippen LogP contribution is -2.73. The molecule has 0 aromatic rings. The minimum Gasteiger partial charge on any atom is -0.425 e. The van der Waals surface area contributed by atoms with E-state index in [2.05, 4.69) is 166 Å². The molecule has 0 aromatic carbocycles. The maximum Gasteiger partial charge on any atom is 0.326 e. The molecule has 12 unspecified atom stereocenters. The molecule has 1 fully saturated rings. The molecular formula is C48H120O12Si12. The Morgan fingerprint density at radius 1 is 0.208 bits per heavy atom. The second-order valence-electron chi connectivity index (χ2n) is 22.6. The summed E-state index contributed by atoms with van der Waals surface area (Å²) in [7, 11) is -27.6. The zero-order valence-electron chi connectivity index (χ0n) is 51.6. The highest BCUT2D eigenvalue weighted by atomic mass is 28.5. The van der Waals surface area contributed by atoms with Gasteiger partial charge in [-0.1, -0.05) is 243 Å². The summed E-state index contributed by atoms with van der Waals surface area (Å²) in [6, 6.07) is 0. The van der Waals surface area contributed by atoms with E-state index in [0.717, 1.165) is 77.0 Å². The molecule has 72 heavy (non-hydrogen) atoms. The van der Waals surface area contributed by atoms with Crippen molar-refractivity contribution in [2.24, 2.45) is 0 Å². The van der Waals surface area contributed by atoms with E-state index in [1.54, 1.807) is 0 Å². The maximum absolute atomic E-state index is 8.98. The van der Waals surface area contributed by atoms with Crippen molar-refractivity contribution in [3.8, 4) is 0 Å². The predicted octanol–water partition coefficient (Wildman–Crippen LogP) is 12.4. The first-order chi connectivity index (χ1) is 34.0. The van der Waals surface area contributed by atoms with Gasteiger partial charge in [0.25, 0.3) is 60.0 Å². The van der Waals surface area contributed by atoms with Gasteiger partial charge in [-0.15, -0.1) is 0 Å². The molecule has 1 aliphatic heterocycles. The van der Waals surface area contributed by atoms with Crippen LogP contribution in [0.25, 0.3) is 0 Å². The molecule has 432 valence electrons. The number of hydrogen-bond donors (Lipinski definition) is 0. The van der Waals surface area contributed by atoms with Gasteiger partial charge >= 0.3 is 51.4 Å². The van der Waals surface area contributed by atoms with Crippen molar-refractivity contribution in [1.29, 1.82) is 0 Å². The standard InChI is InChI=1S/C48H120O12Si12/c1-25-37(13)67(38(14)26-2)54-65-52-63-50-61-49-62-51-64-53-66-55-68(39(15)27-3,40(16)28-4)57-70(43(19)31-7,44(20)32-8)59-72(47(23)35-11,48(24)36-12)60-71(45(21)33-9,46(22)34-10)58-69(56-67,41(17)29-5)42(18)30-6/h37-48H,25-36,61-66H2,1-24H3. The molecule has 0 aromatic heterocycles. The van der Waals surface area contributed by atoms with E-state index in [1.165, 1.54) is 0 Å². The molecule has 1 heterocycles. The third-order valence-electron chi connectivity index (χ3n) is 18.6. The van der Waals surface area contributed by atoms with Gasteiger partial charge in [0.05, 0.1) is 0 Å². The lowest BCUT2D eigenvalue weighted by atomic mass is 10.3. The SMILES string of the molecule is CCC(C)[Si]1(C(C)CC)O[SiH2]O[SiH2]O[SiH2]O[SiH2]O[SiH2]O[SiH2]O[Si](C(C)CC)(C(C)CC)O[Si](C(C)CC)(C(C)CC)O[Si](C(C)CC)(C(C)CC)O[Si](C(C)CC)(C(C)CC)O[Si](C(C)CC)(C(C)CC)O1. The Labute approximate surface area is 467 Å². The lowest BCUT2D eigenvalue weighted by molar-refractivity contribution is 0.187. The van der Waals surface area contributed by atoms with Crippen molar-refractivity contribution in [3.05, 3.63) is 0 Å². The van der Waals surface area contributed by atoms with Gasteiger partial charge in [-0.05, 0) is 66.5 Å². The Balaban J connectivity index is 5.05. The van der Waals surface area contributed by atoms with Crippen LogP contribution in [-0.4, -0.2) is 111 Å². The van der Waals surface area contributed by atoms with Gasteiger partial charge in [-0.25, -0.2) is 0 Å². The molecule has 0 N–H and O–H groups in total. The average Bonchev–Trinajstić information content (AvgIpc) is 3.40. The summed E-state index contributed by atoms with van der Waals surface area (Å²) in [6.07, 6.45) is 11.5. The van der Waals surface area contributed by atoms with Crippen LogP contribution < -0.4 is 0 Å². The third kappa shape index (κ3) is 17.1. The first kappa shape index (κ1) is 72.1. The monoisotopic (exact) mass is 1220 g/mol. The molecule has 0 radical (unpaired) electrons. The maximum atomic E-state index is 8.98. The van der Waals surface area contributed by atoms with E-state index in [-0.39, 0.29) is 66.5 Å². The van der Waals surface area contributed by atoms with E-state index in [0.29, 0.717) is 0 Å². The zero-order chi connectivity index (χ0) is 55.1. The van der Waals surface area contributed by atoms with Gasteiger partial charge in [0.2, 0.25) is 0 Å². The Morgan fingerprint density at radius 2 is 0.333 bits per heavy atom. The minimum atomic E-state index is -3.43. The van der Waals surface area contributed by atoms with Crippen LogP contribution in [0.15, 0.2) is 0 Å². The molecule has 0 amide bonds. The van der Waals surface area contributed by atoms with Crippen LogP contribution in [0.2, 0.25) is 66.5 Å². The molecule has 0 aliphatic carbocycles.